The monoisotopic (exact) mass is 143 g/mol. The maximum Gasteiger partial charge on any atom is 0 e. The largest absolute Gasteiger partial charge is 0.330 e. The number of unbranched alkanes of at least 4 members (excludes halogenated alkanes) is 1. The molecule has 1 unspecified atom stereocenters. The smallest absolute Gasteiger partial charge is 0 e. The first-order chi connectivity index (χ1) is 4.85. The van der Waals surface area contributed by atoms with Crippen molar-refractivity contribution in [2.75, 3.05) is 6.54 Å². The van der Waals surface area contributed by atoms with E-state index >= 15 is 0 Å². The third-order valence-corrected chi connectivity index (χ3v) is 1.93. The van der Waals surface area contributed by atoms with Gasteiger partial charge in [0, 0.05) is 1.43 Å². The van der Waals surface area contributed by atoms with Crippen LogP contribution in [-0.2, 0) is 0 Å². The molecule has 0 fully saturated rings. The van der Waals surface area contributed by atoms with Gasteiger partial charge < -0.3 is 5.73 Å². The van der Waals surface area contributed by atoms with Crippen LogP contribution in [0, 0.1) is 5.92 Å². The highest BCUT2D eigenvalue weighted by Gasteiger charge is 2.00. The number of nitrogens with two attached hydrogens (primary N) is 1. The molecule has 1 nitrogen and oxygen atoms in total. The van der Waals surface area contributed by atoms with Gasteiger partial charge in [0.1, 0.15) is 0 Å². The molecule has 1 heteroatoms. The number of rotatable bonds is 6. The number of hydrogen-bond donors (Lipinski definition) is 1. The molecule has 10 heavy (non-hydrogen) atoms. The quantitative estimate of drug-likeness (QED) is 0.449. The van der Waals surface area contributed by atoms with Crippen molar-refractivity contribution < 1.29 is 1.43 Å². The maximum absolute atomic E-state index is 5.54. The van der Waals surface area contributed by atoms with Crippen molar-refractivity contribution >= 4 is 0 Å². The topological polar surface area (TPSA) is 26.0 Å². The second kappa shape index (κ2) is 6.81. The minimum Gasteiger partial charge on any atom is -0.330 e. The van der Waals surface area contributed by atoms with Gasteiger partial charge in [-0.3, -0.25) is 0 Å². The molecule has 0 spiro atoms. The molecule has 0 amide bonds. The molecule has 0 aliphatic carbocycles. The van der Waals surface area contributed by atoms with Crippen molar-refractivity contribution in [1.82, 2.24) is 0 Å². The molecule has 0 bridgehead atoms. The maximum atomic E-state index is 5.54. The molecule has 0 aromatic heterocycles. The molecule has 2 N–H and O–H groups in total. The van der Waals surface area contributed by atoms with Crippen LogP contribution in [0.5, 0.6) is 0 Å². The third kappa shape index (κ3) is 4.57. The van der Waals surface area contributed by atoms with E-state index in [0.29, 0.717) is 0 Å². The SMILES string of the molecule is C=CCCCC(CC)CN.[HH]. The third-order valence-electron chi connectivity index (χ3n) is 1.93. The van der Waals surface area contributed by atoms with E-state index in [9.17, 15) is 0 Å². The first-order valence-electron chi connectivity index (χ1n) is 4.16. The van der Waals surface area contributed by atoms with E-state index in [-0.39, 0.29) is 1.43 Å². The lowest BCUT2D eigenvalue weighted by molar-refractivity contribution is 0.467. The Labute approximate surface area is 65.8 Å². The van der Waals surface area contributed by atoms with Crippen LogP contribution in [0.15, 0.2) is 12.7 Å². The Hall–Kier alpha value is -0.300. The Morgan fingerprint density at radius 1 is 1.70 bits per heavy atom. The van der Waals surface area contributed by atoms with Gasteiger partial charge in [0.25, 0.3) is 0 Å². The Morgan fingerprint density at radius 2 is 2.40 bits per heavy atom. The van der Waals surface area contributed by atoms with Gasteiger partial charge in [-0.2, -0.15) is 0 Å². The van der Waals surface area contributed by atoms with E-state index in [2.05, 4.69) is 13.5 Å². The van der Waals surface area contributed by atoms with Gasteiger partial charge in [-0.1, -0.05) is 19.4 Å². The van der Waals surface area contributed by atoms with Crippen LogP contribution >= 0.6 is 0 Å². The predicted molar refractivity (Wildman–Crippen MR) is 49.0 cm³/mol. The van der Waals surface area contributed by atoms with Gasteiger partial charge in [-0.05, 0) is 31.7 Å². The normalized spacial score (nSPS) is 13.0. The molecule has 0 rings (SSSR count). The summed E-state index contributed by atoms with van der Waals surface area (Å²) in [5.74, 6) is 0.736. The fourth-order valence-corrected chi connectivity index (χ4v) is 1.04. The van der Waals surface area contributed by atoms with E-state index in [1.807, 2.05) is 6.08 Å². The van der Waals surface area contributed by atoms with Gasteiger partial charge >= 0.3 is 0 Å². The molecular formula is C9H21N. The molecule has 0 aliphatic heterocycles. The molecule has 1 atom stereocenters. The Kier molecular flexibility index (Phi) is 6.61. The number of hydrogen-bond acceptors (Lipinski definition) is 1. The highest BCUT2D eigenvalue weighted by atomic mass is 14.5. The van der Waals surface area contributed by atoms with E-state index in [1.54, 1.807) is 0 Å². The lowest BCUT2D eigenvalue weighted by atomic mass is 10.00. The molecule has 0 heterocycles. The molecule has 0 aromatic carbocycles. The zero-order chi connectivity index (χ0) is 7.82. The summed E-state index contributed by atoms with van der Waals surface area (Å²) < 4.78 is 0. The summed E-state index contributed by atoms with van der Waals surface area (Å²) in [4.78, 5) is 0. The zero-order valence-electron chi connectivity index (χ0n) is 6.97. The van der Waals surface area contributed by atoms with Crippen LogP contribution in [0.2, 0.25) is 0 Å². The van der Waals surface area contributed by atoms with Crippen LogP contribution in [0.3, 0.4) is 0 Å². The fraction of sp³-hybridized carbons (Fsp3) is 0.778. The van der Waals surface area contributed by atoms with Gasteiger partial charge in [-0.15, -0.1) is 6.58 Å². The van der Waals surface area contributed by atoms with E-state index in [4.69, 9.17) is 5.73 Å². The summed E-state index contributed by atoms with van der Waals surface area (Å²) in [6, 6.07) is 0. The highest BCUT2D eigenvalue weighted by molar-refractivity contribution is 4.67. The van der Waals surface area contributed by atoms with Crippen molar-refractivity contribution in [2.45, 2.75) is 32.6 Å². The molecule has 0 saturated heterocycles. The van der Waals surface area contributed by atoms with Crippen molar-refractivity contribution in [2.24, 2.45) is 11.7 Å². The van der Waals surface area contributed by atoms with E-state index < -0.39 is 0 Å². The van der Waals surface area contributed by atoms with Gasteiger partial charge in [0.15, 0.2) is 0 Å². The first-order valence-corrected chi connectivity index (χ1v) is 4.16. The summed E-state index contributed by atoms with van der Waals surface area (Å²) in [6.45, 7) is 6.72. The van der Waals surface area contributed by atoms with Crippen LogP contribution in [-0.4, -0.2) is 6.54 Å². The second-order valence-electron chi connectivity index (χ2n) is 2.73. The molecular weight excluding hydrogens is 122 g/mol. The Morgan fingerprint density at radius 3 is 2.80 bits per heavy atom. The molecule has 0 radical (unpaired) electrons. The first kappa shape index (κ1) is 9.70. The minimum absolute atomic E-state index is 0. The summed E-state index contributed by atoms with van der Waals surface area (Å²) in [5.41, 5.74) is 5.54. The van der Waals surface area contributed by atoms with Gasteiger partial charge in [-0.25, -0.2) is 0 Å². The molecule has 0 saturated carbocycles. The average Bonchev–Trinajstić information content (AvgIpc) is 1.99. The Bertz CT molecular complexity index is 79.6. The van der Waals surface area contributed by atoms with Crippen molar-refractivity contribution in [3.63, 3.8) is 0 Å². The van der Waals surface area contributed by atoms with E-state index in [0.717, 1.165) is 18.9 Å². The lowest BCUT2D eigenvalue weighted by Gasteiger charge is -2.09. The predicted octanol–water partition coefficient (Wildman–Crippen LogP) is 2.57. The highest BCUT2D eigenvalue weighted by Crippen LogP contribution is 2.10. The Balaban J connectivity index is 0. The van der Waals surface area contributed by atoms with Crippen LogP contribution in [0.1, 0.15) is 34.0 Å². The van der Waals surface area contributed by atoms with Crippen LogP contribution in [0.4, 0.5) is 0 Å². The van der Waals surface area contributed by atoms with Crippen molar-refractivity contribution in [1.29, 1.82) is 0 Å². The van der Waals surface area contributed by atoms with Crippen LogP contribution in [0.25, 0.3) is 0 Å². The summed E-state index contributed by atoms with van der Waals surface area (Å²) in [6.07, 6.45) is 6.84. The second-order valence-corrected chi connectivity index (χ2v) is 2.73. The lowest BCUT2D eigenvalue weighted by Crippen LogP contribution is -2.12. The summed E-state index contributed by atoms with van der Waals surface area (Å²) in [7, 11) is 0. The van der Waals surface area contributed by atoms with Crippen molar-refractivity contribution in [3.8, 4) is 0 Å². The number of allylic oxidation sites excluding steroid dienone is 1. The minimum atomic E-state index is 0. The van der Waals surface area contributed by atoms with Gasteiger partial charge in [0.05, 0.1) is 0 Å². The summed E-state index contributed by atoms with van der Waals surface area (Å²) in [5, 5.41) is 0. The standard InChI is InChI=1S/C9H19N.H2/c1-3-5-6-7-9(4-2)8-10;/h3,9H,1,4-8,10H2,2H3;1H. The fourth-order valence-electron chi connectivity index (χ4n) is 1.04. The van der Waals surface area contributed by atoms with Crippen molar-refractivity contribution in [3.05, 3.63) is 12.7 Å². The summed E-state index contributed by atoms with van der Waals surface area (Å²) >= 11 is 0. The molecule has 0 aromatic rings. The zero-order valence-corrected chi connectivity index (χ0v) is 6.97. The molecule has 0 aliphatic rings. The average molecular weight is 143 g/mol. The van der Waals surface area contributed by atoms with Crippen LogP contribution < -0.4 is 5.73 Å². The van der Waals surface area contributed by atoms with Gasteiger partial charge in [0.2, 0.25) is 0 Å². The molecule has 62 valence electrons. The van der Waals surface area contributed by atoms with E-state index in [1.165, 1.54) is 19.3 Å².